The number of thiophene rings is 1. The van der Waals surface area contributed by atoms with E-state index < -0.39 is 0 Å². The van der Waals surface area contributed by atoms with Gasteiger partial charge in [0.25, 0.3) is 0 Å². The number of hydrogen-bond acceptors (Lipinski definition) is 4. The van der Waals surface area contributed by atoms with E-state index in [0.717, 1.165) is 6.54 Å². The van der Waals surface area contributed by atoms with Crippen LogP contribution in [0.25, 0.3) is 52.8 Å². The quantitative estimate of drug-likeness (QED) is 0.156. The maximum atomic E-state index is 3.70. The fraction of sp³-hybridized carbons (Fsp3) is 0.0541. The molecule has 2 aromatic heterocycles. The van der Waals surface area contributed by atoms with Gasteiger partial charge < -0.3 is 9.88 Å². The van der Waals surface area contributed by atoms with E-state index in [-0.39, 0.29) is 0 Å². The first-order valence-corrected chi connectivity index (χ1v) is 14.9. The van der Waals surface area contributed by atoms with Gasteiger partial charge >= 0.3 is 0 Å². The minimum Gasteiger partial charge on any atom is -0.381 e. The number of hydrazone groups is 1. The van der Waals surface area contributed by atoms with Crippen molar-refractivity contribution in [2.75, 3.05) is 5.32 Å². The molecule has 0 fully saturated rings. The summed E-state index contributed by atoms with van der Waals surface area (Å²) in [6, 6.07) is 47.2. The molecule has 4 nitrogen and oxygen atoms in total. The molecule has 0 amide bonds. The number of para-hydroxylation sites is 2. The molecule has 0 spiro atoms. The van der Waals surface area contributed by atoms with Crippen molar-refractivity contribution in [3.8, 4) is 0 Å². The minimum absolute atomic E-state index is 0.636. The Balaban J connectivity index is 0.000000148. The third-order valence-electron chi connectivity index (χ3n) is 7.76. The van der Waals surface area contributed by atoms with Crippen molar-refractivity contribution >= 4 is 76.5 Å². The van der Waals surface area contributed by atoms with Crippen LogP contribution in [0.15, 0.2) is 139 Å². The van der Waals surface area contributed by atoms with Gasteiger partial charge in [0.05, 0.1) is 11.0 Å². The van der Waals surface area contributed by atoms with Gasteiger partial charge in [0.2, 0.25) is 0 Å². The molecule has 0 bridgehead atoms. The molecule has 8 aromatic rings. The minimum atomic E-state index is 0.636. The van der Waals surface area contributed by atoms with E-state index in [1.165, 1.54) is 64.0 Å². The molecule has 0 saturated carbocycles. The van der Waals surface area contributed by atoms with Gasteiger partial charge in [0, 0.05) is 49.9 Å². The Bertz CT molecular complexity index is 2130. The van der Waals surface area contributed by atoms with Crippen molar-refractivity contribution < 1.29 is 0 Å². The lowest BCUT2D eigenvalue weighted by Crippen LogP contribution is -2.11. The first-order chi connectivity index (χ1) is 20.8. The third-order valence-corrected chi connectivity index (χ3v) is 8.91. The van der Waals surface area contributed by atoms with E-state index in [1.54, 1.807) is 0 Å². The predicted molar refractivity (Wildman–Crippen MR) is 183 cm³/mol. The van der Waals surface area contributed by atoms with E-state index in [0.29, 0.717) is 6.67 Å². The first kappa shape index (κ1) is 25.8. The molecule has 2 heterocycles. The topological polar surface area (TPSA) is 41.4 Å². The van der Waals surface area contributed by atoms with Gasteiger partial charge in [-0.1, -0.05) is 97.1 Å². The average Bonchev–Trinajstić information content (AvgIpc) is 3.58. The number of aromatic nitrogens is 1. The molecule has 0 unspecified atom stereocenters. The number of benzene rings is 6. The van der Waals surface area contributed by atoms with Crippen LogP contribution in [0.1, 0.15) is 5.56 Å². The predicted octanol–water partition coefficient (Wildman–Crippen LogP) is 9.78. The van der Waals surface area contributed by atoms with Crippen molar-refractivity contribution in [3.05, 3.63) is 139 Å². The molecule has 42 heavy (non-hydrogen) atoms. The molecule has 0 aliphatic carbocycles. The Morgan fingerprint density at radius 1 is 0.595 bits per heavy atom. The molecular formula is C37H30N4S. The Kier molecular flexibility index (Phi) is 7.00. The Morgan fingerprint density at radius 3 is 1.98 bits per heavy atom. The standard InChI is InChI=1S/C23H17NS.C14H13N3/c1-2-9-19-16(6-1)7-5-8-17(19)15-24-18-12-13-23-21(14-18)20-10-3-4-11-22(20)25-23;1-15-16-10-17-13-8-4-2-6-11(13)12-7-3-5-9-14(12)17/h1-14,24H,15H2;2-9,16H,1,10H2. The second kappa shape index (κ2) is 11.4. The molecule has 204 valence electrons. The summed E-state index contributed by atoms with van der Waals surface area (Å²) in [6.45, 7) is 4.91. The third kappa shape index (κ3) is 4.84. The van der Waals surface area contributed by atoms with Crippen LogP contribution in [-0.4, -0.2) is 11.3 Å². The molecular weight excluding hydrogens is 533 g/mol. The Morgan fingerprint density at radius 2 is 1.21 bits per heavy atom. The number of nitrogens with one attached hydrogen (secondary N) is 2. The summed E-state index contributed by atoms with van der Waals surface area (Å²) in [5, 5.41) is 15.1. The highest BCUT2D eigenvalue weighted by Crippen LogP contribution is 2.35. The molecule has 0 aliphatic heterocycles. The fourth-order valence-corrected chi connectivity index (χ4v) is 6.86. The molecule has 6 aromatic carbocycles. The van der Waals surface area contributed by atoms with E-state index in [4.69, 9.17) is 0 Å². The molecule has 0 saturated heterocycles. The van der Waals surface area contributed by atoms with E-state index in [2.05, 4.69) is 161 Å². The molecule has 0 aliphatic rings. The van der Waals surface area contributed by atoms with Crippen LogP contribution in [0.4, 0.5) is 5.69 Å². The lowest BCUT2D eigenvalue weighted by atomic mass is 10.0. The zero-order chi connectivity index (χ0) is 28.3. The van der Waals surface area contributed by atoms with Gasteiger partial charge in [-0.2, -0.15) is 5.10 Å². The van der Waals surface area contributed by atoms with Crippen LogP contribution in [-0.2, 0) is 13.2 Å². The maximum Gasteiger partial charge on any atom is 0.109 e. The summed E-state index contributed by atoms with van der Waals surface area (Å²) in [6.07, 6.45) is 0. The molecule has 8 rings (SSSR count). The summed E-state index contributed by atoms with van der Waals surface area (Å²) >= 11 is 1.86. The van der Waals surface area contributed by atoms with Crippen molar-refractivity contribution in [1.29, 1.82) is 0 Å². The Labute approximate surface area is 248 Å². The van der Waals surface area contributed by atoms with Crippen LogP contribution in [0.5, 0.6) is 0 Å². The van der Waals surface area contributed by atoms with Crippen LogP contribution >= 0.6 is 11.3 Å². The largest absolute Gasteiger partial charge is 0.381 e. The van der Waals surface area contributed by atoms with Gasteiger partial charge in [-0.15, -0.1) is 11.3 Å². The van der Waals surface area contributed by atoms with Crippen LogP contribution in [0.3, 0.4) is 0 Å². The van der Waals surface area contributed by atoms with Crippen molar-refractivity contribution in [2.45, 2.75) is 13.2 Å². The average molecular weight is 563 g/mol. The van der Waals surface area contributed by atoms with E-state index in [1.807, 2.05) is 11.3 Å². The van der Waals surface area contributed by atoms with Crippen molar-refractivity contribution in [2.24, 2.45) is 5.10 Å². The number of hydrogen-bond donors (Lipinski definition) is 2. The molecule has 0 radical (unpaired) electrons. The van der Waals surface area contributed by atoms with Gasteiger partial charge in [0.1, 0.15) is 6.67 Å². The van der Waals surface area contributed by atoms with Crippen LogP contribution in [0, 0.1) is 0 Å². The lowest BCUT2D eigenvalue weighted by molar-refractivity contribution is 0.615. The summed E-state index contributed by atoms with van der Waals surface area (Å²) < 4.78 is 4.90. The smallest absolute Gasteiger partial charge is 0.109 e. The summed E-state index contributed by atoms with van der Waals surface area (Å²) in [5.41, 5.74) is 7.84. The molecule has 2 N–H and O–H groups in total. The SMILES string of the molecule is C=NNCn1c2ccccc2c2ccccc21.c1ccc2c(CNc3ccc4sc5ccccc5c4c3)cccc2c1. The second-order valence-corrected chi connectivity index (χ2v) is 11.3. The number of nitrogens with zero attached hydrogens (tertiary/aromatic N) is 2. The highest BCUT2D eigenvalue weighted by Gasteiger charge is 2.09. The van der Waals surface area contributed by atoms with E-state index >= 15 is 0 Å². The summed E-state index contributed by atoms with van der Waals surface area (Å²) in [7, 11) is 0. The maximum absolute atomic E-state index is 3.70. The lowest BCUT2D eigenvalue weighted by Gasteiger charge is -2.10. The number of rotatable bonds is 6. The first-order valence-electron chi connectivity index (χ1n) is 14.1. The van der Waals surface area contributed by atoms with Crippen molar-refractivity contribution in [1.82, 2.24) is 9.99 Å². The number of fused-ring (bicyclic) bond motifs is 7. The number of anilines is 1. The van der Waals surface area contributed by atoms with Crippen LogP contribution < -0.4 is 10.7 Å². The van der Waals surface area contributed by atoms with Gasteiger partial charge in [-0.05, 0) is 52.7 Å². The highest BCUT2D eigenvalue weighted by molar-refractivity contribution is 7.25. The molecule has 5 heteroatoms. The fourth-order valence-electron chi connectivity index (χ4n) is 5.77. The molecule has 0 atom stereocenters. The normalized spacial score (nSPS) is 11.1. The zero-order valence-electron chi connectivity index (χ0n) is 23.1. The second-order valence-electron chi connectivity index (χ2n) is 10.2. The van der Waals surface area contributed by atoms with Gasteiger partial charge in [-0.25, -0.2) is 0 Å². The van der Waals surface area contributed by atoms with Gasteiger partial charge in [-0.3, -0.25) is 5.43 Å². The Hall–Kier alpha value is -5.13. The van der Waals surface area contributed by atoms with Crippen LogP contribution in [0.2, 0.25) is 0 Å². The van der Waals surface area contributed by atoms with E-state index in [9.17, 15) is 0 Å². The monoisotopic (exact) mass is 562 g/mol. The highest BCUT2D eigenvalue weighted by atomic mass is 32.1. The van der Waals surface area contributed by atoms with Crippen molar-refractivity contribution in [3.63, 3.8) is 0 Å². The summed E-state index contributed by atoms with van der Waals surface area (Å²) in [5.74, 6) is 0. The van der Waals surface area contributed by atoms with Gasteiger partial charge in [0.15, 0.2) is 0 Å². The zero-order valence-corrected chi connectivity index (χ0v) is 23.9. The summed E-state index contributed by atoms with van der Waals surface area (Å²) in [4.78, 5) is 0.